The molecule has 3 N–H and O–H groups in total. The Bertz CT molecular complexity index is 1120. The molecule has 0 unspecified atom stereocenters. The number of H-pyrrole nitrogens is 1. The van der Waals surface area contributed by atoms with Gasteiger partial charge in [-0.05, 0) is 30.0 Å². The van der Waals surface area contributed by atoms with Crippen molar-refractivity contribution in [2.75, 3.05) is 42.3 Å². The van der Waals surface area contributed by atoms with Crippen LogP contribution in [0.3, 0.4) is 0 Å². The number of methoxy groups -OCH3 is 1. The monoisotopic (exact) mass is 457 g/mol. The molecule has 10 heteroatoms. The second-order valence-electron chi connectivity index (χ2n) is 8.53. The molecule has 0 radical (unpaired) electrons. The first-order valence-corrected chi connectivity index (χ1v) is 11.0. The largest absolute Gasteiger partial charge is 0.383 e. The molecule has 0 saturated carbocycles. The summed E-state index contributed by atoms with van der Waals surface area (Å²) >= 11 is 0. The fourth-order valence-corrected chi connectivity index (χ4v) is 3.91. The van der Waals surface area contributed by atoms with Crippen molar-refractivity contribution in [3.8, 4) is 0 Å². The van der Waals surface area contributed by atoms with Crippen LogP contribution >= 0.6 is 0 Å². The van der Waals surface area contributed by atoms with E-state index in [2.05, 4.69) is 4.98 Å². The third-order valence-corrected chi connectivity index (χ3v) is 5.53. The van der Waals surface area contributed by atoms with Gasteiger partial charge < -0.3 is 20.3 Å². The summed E-state index contributed by atoms with van der Waals surface area (Å²) in [5, 5.41) is 0. The molecule has 2 aromatic rings. The zero-order valence-corrected chi connectivity index (χ0v) is 19.3. The number of ether oxygens (including phenoxy) is 1. The SMILES string of the molecule is COCCN(C(=O)Cc1ccc(N2CCCC2=O)cc1)c1c(N)n(CC(C)C)c(=O)[nH]c1=O. The van der Waals surface area contributed by atoms with E-state index < -0.39 is 11.2 Å². The van der Waals surface area contributed by atoms with Gasteiger partial charge >= 0.3 is 5.69 Å². The van der Waals surface area contributed by atoms with Crippen LogP contribution in [-0.2, 0) is 27.3 Å². The van der Waals surface area contributed by atoms with Gasteiger partial charge in [-0.15, -0.1) is 0 Å². The van der Waals surface area contributed by atoms with Crippen LogP contribution in [0.1, 0.15) is 32.3 Å². The average molecular weight is 458 g/mol. The minimum Gasteiger partial charge on any atom is -0.383 e. The molecule has 178 valence electrons. The van der Waals surface area contributed by atoms with Crippen LogP contribution < -0.4 is 26.8 Å². The molecule has 1 aromatic heterocycles. The number of nitrogens with one attached hydrogen (secondary N) is 1. The van der Waals surface area contributed by atoms with E-state index >= 15 is 0 Å². The highest BCUT2D eigenvalue weighted by molar-refractivity contribution is 5.97. The molecule has 0 aliphatic carbocycles. The van der Waals surface area contributed by atoms with Gasteiger partial charge in [-0.2, -0.15) is 0 Å². The molecule has 33 heavy (non-hydrogen) atoms. The van der Waals surface area contributed by atoms with E-state index in [0.29, 0.717) is 19.5 Å². The summed E-state index contributed by atoms with van der Waals surface area (Å²) in [5.41, 5.74) is 6.35. The number of nitrogens with two attached hydrogens (primary N) is 1. The molecule has 2 amide bonds. The maximum Gasteiger partial charge on any atom is 0.330 e. The van der Waals surface area contributed by atoms with Crippen molar-refractivity contribution in [2.45, 2.75) is 39.7 Å². The number of carbonyl (C=O) groups is 2. The smallest absolute Gasteiger partial charge is 0.330 e. The van der Waals surface area contributed by atoms with E-state index in [0.717, 1.165) is 17.7 Å². The number of anilines is 3. The van der Waals surface area contributed by atoms with Crippen LogP contribution in [0.5, 0.6) is 0 Å². The van der Waals surface area contributed by atoms with Crippen LogP contribution in [0.2, 0.25) is 0 Å². The lowest BCUT2D eigenvalue weighted by Crippen LogP contribution is -2.43. The fourth-order valence-electron chi connectivity index (χ4n) is 3.91. The van der Waals surface area contributed by atoms with Crippen molar-refractivity contribution in [3.05, 3.63) is 50.7 Å². The van der Waals surface area contributed by atoms with Crippen LogP contribution in [0.15, 0.2) is 33.9 Å². The van der Waals surface area contributed by atoms with Gasteiger partial charge in [-0.3, -0.25) is 23.9 Å². The van der Waals surface area contributed by atoms with Gasteiger partial charge in [0.1, 0.15) is 5.82 Å². The summed E-state index contributed by atoms with van der Waals surface area (Å²) < 4.78 is 6.40. The lowest BCUT2D eigenvalue weighted by atomic mass is 10.1. The molecule has 2 heterocycles. The Labute approximate surface area is 191 Å². The number of aromatic nitrogens is 2. The zero-order valence-electron chi connectivity index (χ0n) is 19.3. The van der Waals surface area contributed by atoms with Crippen molar-refractivity contribution >= 4 is 29.0 Å². The van der Waals surface area contributed by atoms with E-state index in [1.54, 1.807) is 17.0 Å². The summed E-state index contributed by atoms with van der Waals surface area (Å²) in [5.74, 6) is -0.211. The lowest BCUT2D eigenvalue weighted by molar-refractivity contribution is -0.118. The van der Waals surface area contributed by atoms with Crippen molar-refractivity contribution in [2.24, 2.45) is 5.92 Å². The van der Waals surface area contributed by atoms with E-state index in [4.69, 9.17) is 10.5 Å². The highest BCUT2D eigenvalue weighted by Gasteiger charge is 2.25. The normalized spacial score (nSPS) is 13.7. The molecular formula is C23H31N5O5. The predicted octanol–water partition coefficient (Wildman–Crippen LogP) is 1.12. The number of nitrogen functional groups attached to an aromatic ring is 1. The minimum atomic E-state index is -0.718. The van der Waals surface area contributed by atoms with Gasteiger partial charge in [0.15, 0.2) is 5.69 Å². The molecule has 1 saturated heterocycles. The number of carbonyl (C=O) groups excluding carboxylic acids is 2. The van der Waals surface area contributed by atoms with Crippen LogP contribution in [0.4, 0.5) is 17.2 Å². The Kier molecular flexibility index (Phi) is 7.70. The molecule has 3 rings (SSSR count). The Balaban J connectivity index is 1.89. The molecule has 0 bridgehead atoms. The third-order valence-electron chi connectivity index (χ3n) is 5.53. The molecule has 1 aliphatic heterocycles. The Morgan fingerprint density at radius 1 is 1.21 bits per heavy atom. The molecule has 1 fully saturated rings. The van der Waals surface area contributed by atoms with Gasteiger partial charge in [0.2, 0.25) is 11.8 Å². The Morgan fingerprint density at radius 2 is 1.91 bits per heavy atom. The van der Waals surface area contributed by atoms with Crippen molar-refractivity contribution in [1.82, 2.24) is 9.55 Å². The summed E-state index contributed by atoms with van der Waals surface area (Å²) in [7, 11) is 1.49. The second kappa shape index (κ2) is 10.5. The molecule has 0 spiro atoms. The predicted molar refractivity (Wildman–Crippen MR) is 127 cm³/mol. The maximum absolute atomic E-state index is 13.2. The number of benzene rings is 1. The number of amides is 2. The van der Waals surface area contributed by atoms with E-state index in [1.165, 1.54) is 16.6 Å². The third kappa shape index (κ3) is 5.51. The van der Waals surface area contributed by atoms with E-state index in [9.17, 15) is 19.2 Å². The molecule has 10 nitrogen and oxygen atoms in total. The summed E-state index contributed by atoms with van der Waals surface area (Å²) in [6, 6.07) is 7.21. The standard InChI is InChI=1S/C23H31N5O5/c1-15(2)14-28-21(24)20(22(31)25-23(28)32)27(11-12-33-3)19(30)13-16-6-8-17(9-7-16)26-10-4-5-18(26)29/h6-9,15H,4-5,10-14,24H2,1-3H3,(H,25,31,32). The highest BCUT2D eigenvalue weighted by atomic mass is 16.5. The molecular weight excluding hydrogens is 426 g/mol. The first-order valence-electron chi connectivity index (χ1n) is 11.0. The molecule has 0 atom stereocenters. The van der Waals surface area contributed by atoms with Crippen molar-refractivity contribution < 1.29 is 14.3 Å². The fraction of sp³-hybridized carbons (Fsp3) is 0.478. The Morgan fingerprint density at radius 3 is 2.48 bits per heavy atom. The van der Waals surface area contributed by atoms with Crippen molar-refractivity contribution in [3.63, 3.8) is 0 Å². The van der Waals surface area contributed by atoms with Crippen LogP contribution in [0.25, 0.3) is 0 Å². The number of aromatic amines is 1. The highest BCUT2D eigenvalue weighted by Crippen LogP contribution is 2.23. The number of hydrogen-bond donors (Lipinski definition) is 2. The van der Waals surface area contributed by atoms with Crippen LogP contribution in [-0.4, -0.2) is 48.2 Å². The first-order chi connectivity index (χ1) is 15.7. The van der Waals surface area contributed by atoms with E-state index in [-0.39, 0.29) is 48.8 Å². The first kappa shape index (κ1) is 24.2. The molecule has 1 aromatic carbocycles. The summed E-state index contributed by atoms with van der Waals surface area (Å²) in [4.78, 5) is 55.4. The van der Waals surface area contributed by atoms with Crippen molar-refractivity contribution in [1.29, 1.82) is 0 Å². The van der Waals surface area contributed by atoms with Gasteiger partial charge in [-0.25, -0.2) is 4.79 Å². The minimum absolute atomic E-state index is 0.0140. The average Bonchev–Trinajstić information content (AvgIpc) is 3.19. The van der Waals surface area contributed by atoms with E-state index in [1.807, 2.05) is 26.0 Å². The van der Waals surface area contributed by atoms with Crippen LogP contribution in [0, 0.1) is 5.92 Å². The molecule has 1 aliphatic rings. The van der Waals surface area contributed by atoms with Gasteiger partial charge in [-0.1, -0.05) is 26.0 Å². The summed E-state index contributed by atoms with van der Waals surface area (Å²) in [6.45, 7) is 5.12. The number of nitrogens with zero attached hydrogens (tertiary/aromatic N) is 3. The van der Waals surface area contributed by atoms with Gasteiger partial charge in [0, 0.05) is 38.9 Å². The zero-order chi connectivity index (χ0) is 24.1. The van der Waals surface area contributed by atoms with Gasteiger partial charge in [0.25, 0.3) is 5.56 Å². The summed E-state index contributed by atoms with van der Waals surface area (Å²) in [6.07, 6.45) is 1.40. The number of hydrogen-bond acceptors (Lipinski definition) is 6. The van der Waals surface area contributed by atoms with Gasteiger partial charge in [0.05, 0.1) is 13.0 Å². The number of rotatable bonds is 9. The quantitative estimate of drug-likeness (QED) is 0.580. The topological polar surface area (TPSA) is 131 Å². The lowest BCUT2D eigenvalue weighted by Gasteiger charge is -2.25. The second-order valence-corrected chi connectivity index (χ2v) is 8.53. The maximum atomic E-state index is 13.2. The Hall–Kier alpha value is -3.40.